The van der Waals surface area contributed by atoms with Gasteiger partial charge in [0.1, 0.15) is 9.88 Å². The van der Waals surface area contributed by atoms with E-state index in [4.69, 9.17) is 5.73 Å². The smallest absolute Gasteiger partial charge is 0.271 e. The molecule has 0 radical (unpaired) electrons. The fourth-order valence-electron chi connectivity index (χ4n) is 3.46. The lowest BCUT2D eigenvalue weighted by atomic mass is 10.3. The average molecular weight is 415 g/mol. The molecule has 10 nitrogen and oxygen atoms in total. The van der Waals surface area contributed by atoms with Crippen LogP contribution in [0.25, 0.3) is 11.0 Å². The number of H-pyrrole nitrogens is 1. The molecule has 3 heterocycles. The second-order valence-electron chi connectivity index (χ2n) is 6.88. The molecular formula is C18H21N7O3S. The van der Waals surface area contributed by atoms with Crippen LogP contribution in [0.2, 0.25) is 0 Å². The van der Waals surface area contributed by atoms with Crippen LogP contribution >= 0.6 is 11.3 Å². The van der Waals surface area contributed by atoms with Crippen LogP contribution in [0, 0.1) is 17.0 Å². The van der Waals surface area contributed by atoms with Gasteiger partial charge >= 0.3 is 0 Å². The van der Waals surface area contributed by atoms with E-state index in [1.54, 1.807) is 6.07 Å². The minimum Gasteiger partial charge on any atom is -0.341 e. The van der Waals surface area contributed by atoms with Crippen molar-refractivity contribution in [1.29, 1.82) is 0 Å². The highest BCUT2D eigenvalue weighted by atomic mass is 32.1. The molecule has 4 rings (SSSR count). The maximum atomic E-state index is 12.9. The number of amides is 1. The number of nitrogens with two attached hydrogens (primary N) is 1. The first-order valence-electron chi connectivity index (χ1n) is 9.31. The van der Waals surface area contributed by atoms with Gasteiger partial charge in [-0.05, 0) is 19.4 Å². The molecule has 0 spiro atoms. The number of carbonyl (C=O) groups is 1. The number of non-ortho nitro benzene ring substituents is 1. The highest BCUT2D eigenvalue weighted by Crippen LogP contribution is 2.24. The van der Waals surface area contributed by atoms with Crippen LogP contribution in [-0.2, 0) is 6.54 Å². The molecule has 3 N–H and O–H groups in total. The molecule has 1 aromatic carbocycles. The summed E-state index contributed by atoms with van der Waals surface area (Å²) in [6.45, 7) is 4.73. The highest BCUT2D eigenvalue weighted by Gasteiger charge is 2.25. The summed E-state index contributed by atoms with van der Waals surface area (Å²) in [4.78, 5) is 40.1. The number of aromatic nitrogens is 3. The van der Waals surface area contributed by atoms with Crippen LogP contribution in [0.3, 0.4) is 0 Å². The Morgan fingerprint density at radius 2 is 2.14 bits per heavy atom. The Kier molecular flexibility index (Phi) is 5.16. The number of nitrogens with one attached hydrogen (secondary N) is 1. The minimum atomic E-state index is -0.424. The molecule has 152 valence electrons. The zero-order valence-electron chi connectivity index (χ0n) is 15.9. The number of nitro groups is 1. The van der Waals surface area contributed by atoms with E-state index in [-0.39, 0.29) is 11.6 Å². The quantitative estimate of drug-likeness (QED) is 0.492. The summed E-state index contributed by atoms with van der Waals surface area (Å²) in [5.41, 5.74) is 7.70. The van der Waals surface area contributed by atoms with E-state index in [1.165, 1.54) is 23.5 Å². The molecule has 1 saturated heterocycles. The molecule has 11 heteroatoms. The van der Waals surface area contributed by atoms with Gasteiger partial charge in [0, 0.05) is 44.9 Å². The van der Waals surface area contributed by atoms with E-state index in [9.17, 15) is 14.9 Å². The number of hydrogen-bond donors (Lipinski definition) is 2. The number of fused-ring (bicyclic) bond motifs is 1. The van der Waals surface area contributed by atoms with E-state index in [0.29, 0.717) is 48.0 Å². The number of carbonyl (C=O) groups excluding carboxylic acids is 1. The van der Waals surface area contributed by atoms with E-state index >= 15 is 0 Å². The monoisotopic (exact) mass is 415 g/mol. The van der Waals surface area contributed by atoms with E-state index < -0.39 is 4.92 Å². The van der Waals surface area contributed by atoms with Crippen molar-refractivity contribution in [3.05, 3.63) is 43.9 Å². The van der Waals surface area contributed by atoms with Crippen LogP contribution in [-0.4, -0.2) is 56.9 Å². The normalized spacial score (nSPS) is 15.0. The fourth-order valence-corrected chi connectivity index (χ4v) is 4.37. The molecule has 3 aromatic rings. The van der Waals surface area contributed by atoms with Crippen molar-refractivity contribution >= 4 is 39.9 Å². The maximum absolute atomic E-state index is 12.9. The van der Waals surface area contributed by atoms with Crippen molar-refractivity contribution in [3.8, 4) is 0 Å². The third-order valence-corrected chi connectivity index (χ3v) is 6.12. The summed E-state index contributed by atoms with van der Waals surface area (Å²) in [6.07, 6.45) is 0.796. The van der Waals surface area contributed by atoms with Gasteiger partial charge in [-0.2, -0.15) is 0 Å². The first-order valence-corrected chi connectivity index (χ1v) is 10.1. The van der Waals surface area contributed by atoms with Crippen molar-refractivity contribution in [3.63, 3.8) is 0 Å². The van der Waals surface area contributed by atoms with Crippen LogP contribution < -0.4 is 10.6 Å². The van der Waals surface area contributed by atoms with Gasteiger partial charge in [-0.15, -0.1) is 11.3 Å². The Balaban J connectivity index is 1.50. The Labute approximate surface area is 170 Å². The number of thiazole rings is 1. The predicted molar refractivity (Wildman–Crippen MR) is 110 cm³/mol. The molecular weight excluding hydrogens is 394 g/mol. The first-order chi connectivity index (χ1) is 14.0. The summed E-state index contributed by atoms with van der Waals surface area (Å²) in [7, 11) is 0. The molecule has 29 heavy (non-hydrogen) atoms. The lowest BCUT2D eigenvalue weighted by Crippen LogP contribution is -2.35. The number of aryl methyl sites for hydroxylation is 1. The molecule has 1 fully saturated rings. The number of hydrogen-bond acceptors (Lipinski definition) is 8. The zero-order chi connectivity index (χ0) is 20.5. The fraction of sp³-hybridized carbons (Fsp3) is 0.389. The lowest BCUT2D eigenvalue weighted by Gasteiger charge is -2.21. The van der Waals surface area contributed by atoms with Crippen LogP contribution in [0.15, 0.2) is 18.2 Å². The Morgan fingerprint density at radius 3 is 2.86 bits per heavy atom. The van der Waals surface area contributed by atoms with Crippen LogP contribution in [0.5, 0.6) is 0 Å². The molecule has 0 aliphatic carbocycles. The van der Waals surface area contributed by atoms with Gasteiger partial charge in [0.05, 0.1) is 21.7 Å². The van der Waals surface area contributed by atoms with Crippen molar-refractivity contribution in [1.82, 2.24) is 19.9 Å². The maximum Gasteiger partial charge on any atom is 0.271 e. The van der Waals surface area contributed by atoms with Crippen molar-refractivity contribution in [2.24, 2.45) is 5.73 Å². The van der Waals surface area contributed by atoms with Gasteiger partial charge in [0.25, 0.3) is 11.6 Å². The number of imidazole rings is 1. The van der Waals surface area contributed by atoms with E-state index in [2.05, 4.69) is 19.9 Å². The van der Waals surface area contributed by atoms with Crippen LogP contribution in [0.4, 0.5) is 11.6 Å². The molecule has 0 bridgehead atoms. The summed E-state index contributed by atoms with van der Waals surface area (Å²) in [6, 6.07) is 4.58. The highest BCUT2D eigenvalue weighted by molar-refractivity contribution is 7.13. The Bertz CT molecular complexity index is 1080. The van der Waals surface area contributed by atoms with Gasteiger partial charge < -0.3 is 20.5 Å². The first kappa shape index (κ1) is 19.3. The third-order valence-electron chi connectivity index (χ3n) is 4.96. The summed E-state index contributed by atoms with van der Waals surface area (Å²) in [5.74, 6) is 0.649. The lowest BCUT2D eigenvalue weighted by molar-refractivity contribution is -0.384. The van der Waals surface area contributed by atoms with Gasteiger partial charge in [-0.3, -0.25) is 14.9 Å². The number of rotatable bonds is 4. The molecule has 1 aliphatic rings. The van der Waals surface area contributed by atoms with Crippen molar-refractivity contribution < 1.29 is 9.72 Å². The summed E-state index contributed by atoms with van der Waals surface area (Å²) >= 11 is 1.36. The Hall–Kier alpha value is -3.05. The molecule has 2 aromatic heterocycles. The molecule has 0 unspecified atom stereocenters. The van der Waals surface area contributed by atoms with Gasteiger partial charge in [0.2, 0.25) is 5.95 Å². The number of nitro benzene ring substituents is 1. The number of aromatic amines is 1. The minimum absolute atomic E-state index is 0.0122. The molecule has 1 amide bonds. The molecule has 0 saturated carbocycles. The van der Waals surface area contributed by atoms with Crippen molar-refractivity contribution in [2.75, 3.05) is 31.1 Å². The summed E-state index contributed by atoms with van der Waals surface area (Å²) in [5, 5.41) is 11.7. The second kappa shape index (κ2) is 7.76. The zero-order valence-corrected chi connectivity index (χ0v) is 16.7. The van der Waals surface area contributed by atoms with Crippen molar-refractivity contribution in [2.45, 2.75) is 19.9 Å². The SMILES string of the molecule is Cc1nc(CN)sc1C(=O)N1CCCN(c2nc3ccc([N+](=O)[O-])cc3[nH]2)CC1. The molecule has 0 atom stereocenters. The number of anilines is 1. The number of benzene rings is 1. The largest absolute Gasteiger partial charge is 0.341 e. The third kappa shape index (κ3) is 3.78. The summed E-state index contributed by atoms with van der Waals surface area (Å²) < 4.78 is 0. The standard InChI is InChI=1S/C18H21N7O3S/c1-11-16(29-15(10-19)20-11)17(26)23-5-2-6-24(8-7-23)18-21-13-4-3-12(25(27)28)9-14(13)22-18/h3-4,9H,2,5-8,10,19H2,1H3,(H,21,22). The predicted octanol–water partition coefficient (Wildman–Crippen LogP) is 2.05. The van der Waals surface area contributed by atoms with Gasteiger partial charge in [0.15, 0.2) is 0 Å². The number of nitrogens with zero attached hydrogens (tertiary/aromatic N) is 5. The topological polar surface area (TPSA) is 134 Å². The second-order valence-corrected chi connectivity index (χ2v) is 7.96. The van der Waals surface area contributed by atoms with E-state index in [1.807, 2.05) is 11.8 Å². The van der Waals surface area contributed by atoms with E-state index in [0.717, 1.165) is 23.7 Å². The molecule has 1 aliphatic heterocycles. The van der Waals surface area contributed by atoms with Gasteiger partial charge in [-0.25, -0.2) is 9.97 Å². The average Bonchev–Trinajstić information content (AvgIpc) is 3.21. The van der Waals surface area contributed by atoms with Gasteiger partial charge in [-0.1, -0.05) is 0 Å². The Morgan fingerprint density at radius 1 is 1.31 bits per heavy atom. The van der Waals surface area contributed by atoms with Crippen LogP contribution in [0.1, 0.15) is 26.8 Å².